The predicted octanol–water partition coefficient (Wildman–Crippen LogP) is 4.21. The average Bonchev–Trinajstić information content (AvgIpc) is 2.98. The minimum Gasteiger partial charge on any atom is -0.356 e. The van der Waals surface area contributed by atoms with Crippen molar-refractivity contribution in [1.82, 2.24) is 9.88 Å². The summed E-state index contributed by atoms with van der Waals surface area (Å²) < 4.78 is 0. The Kier molecular flexibility index (Phi) is 4.03. The van der Waals surface area contributed by atoms with Crippen LogP contribution >= 0.6 is 0 Å². The molecule has 1 unspecified atom stereocenters. The Hall–Kier alpha value is -2.33. The van der Waals surface area contributed by atoms with Gasteiger partial charge in [0.25, 0.3) is 0 Å². The zero-order valence-corrected chi connectivity index (χ0v) is 17.0. The van der Waals surface area contributed by atoms with E-state index in [1.807, 2.05) is 4.90 Å². The van der Waals surface area contributed by atoms with E-state index in [4.69, 9.17) is 0 Å². The van der Waals surface area contributed by atoms with E-state index in [0.29, 0.717) is 0 Å². The molecule has 2 aromatic carbocycles. The normalized spacial score (nSPS) is 17.4. The van der Waals surface area contributed by atoms with Crippen LogP contribution in [-0.4, -0.2) is 30.4 Å². The number of nitrogens with zero attached hydrogens (tertiary/aromatic N) is 1. The van der Waals surface area contributed by atoms with Gasteiger partial charge < -0.3 is 9.88 Å². The lowest BCUT2D eigenvalue weighted by Gasteiger charge is -2.38. The summed E-state index contributed by atoms with van der Waals surface area (Å²) in [6, 6.07) is 17.2. The summed E-state index contributed by atoms with van der Waals surface area (Å²) in [6.45, 7) is 9.59. The second-order valence-corrected chi connectivity index (χ2v) is 13.3. The van der Waals surface area contributed by atoms with Gasteiger partial charge in [-0.25, -0.2) is 0 Å². The third-order valence-corrected chi connectivity index (χ3v) is 7.57. The van der Waals surface area contributed by atoms with Crippen molar-refractivity contribution in [3.63, 3.8) is 0 Å². The number of nitrogens with one attached hydrogen (secondary N) is 1. The van der Waals surface area contributed by atoms with Crippen molar-refractivity contribution < 1.29 is 4.79 Å². The second-order valence-electron chi connectivity index (χ2n) is 8.27. The highest BCUT2D eigenvalue weighted by atomic mass is 28.3. The lowest BCUT2D eigenvalue weighted by Crippen LogP contribution is -2.46. The first-order chi connectivity index (χ1) is 12.4. The zero-order chi connectivity index (χ0) is 18.5. The smallest absolute Gasteiger partial charge is 0.220 e. The molecule has 134 valence electrons. The molecule has 1 N–H and O–H groups in total. The minimum atomic E-state index is -1.54. The summed E-state index contributed by atoms with van der Waals surface area (Å²) in [5.41, 5.74) is 5.01. The molecule has 1 amide bonds. The average molecular weight is 363 g/mol. The zero-order valence-electron chi connectivity index (χ0n) is 16.0. The van der Waals surface area contributed by atoms with Crippen LogP contribution in [0.1, 0.15) is 29.8 Å². The summed E-state index contributed by atoms with van der Waals surface area (Å²) >= 11 is 0. The summed E-state index contributed by atoms with van der Waals surface area (Å²) in [5, 5.41) is 2.73. The maximum absolute atomic E-state index is 12.5. The molecule has 26 heavy (non-hydrogen) atoms. The number of hydrogen-bond donors (Lipinski definition) is 1. The van der Waals surface area contributed by atoms with Crippen molar-refractivity contribution in [2.24, 2.45) is 0 Å². The van der Waals surface area contributed by atoms with Crippen LogP contribution in [-0.2, 0) is 11.2 Å². The van der Waals surface area contributed by atoms with Crippen LogP contribution in [0.15, 0.2) is 48.5 Å². The Labute approximate surface area is 156 Å². The number of rotatable bonds is 2. The van der Waals surface area contributed by atoms with Crippen molar-refractivity contribution in [3.8, 4) is 0 Å². The van der Waals surface area contributed by atoms with Gasteiger partial charge in [-0.2, -0.15) is 0 Å². The van der Waals surface area contributed by atoms with Gasteiger partial charge in [-0.3, -0.25) is 4.79 Å². The maximum Gasteiger partial charge on any atom is 0.220 e. The number of para-hydroxylation sites is 1. The van der Waals surface area contributed by atoms with Crippen LogP contribution in [0.2, 0.25) is 19.6 Å². The summed E-state index contributed by atoms with van der Waals surface area (Å²) in [4.78, 5) is 18.2. The third-order valence-electron chi connectivity index (χ3n) is 5.50. The van der Waals surface area contributed by atoms with Gasteiger partial charge in [-0.15, -0.1) is 0 Å². The Morgan fingerprint density at radius 1 is 1.08 bits per heavy atom. The lowest BCUT2D eigenvalue weighted by molar-refractivity contribution is -0.130. The Morgan fingerprint density at radius 2 is 1.77 bits per heavy atom. The van der Waals surface area contributed by atoms with Gasteiger partial charge >= 0.3 is 0 Å². The van der Waals surface area contributed by atoms with Crippen LogP contribution in [0.4, 0.5) is 0 Å². The Balaban J connectivity index is 1.98. The van der Waals surface area contributed by atoms with Crippen molar-refractivity contribution >= 4 is 30.1 Å². The minimum absolute atomic E-state index is 0.0217. The van der Waals surface area contributed by atoms with E-state index in [-0.39, 0.29) is 11.9 Å². The van der Waals surface area contributed by atoms with E-state index in [1.54, 1.807) is 6.92 Å². The maximum atomic E-state index is 12.5. The molecule has 3 aromatic rings. The topological polar surface area (TPSA) is 36.1 Å². The number of carbonyl (C=O) groups is 1. The molecule has 0 radical (unpaired) electrons. The van der Waals surface area contributed by atoms with Gasteiger partial charge in [0.05, 0.1) is 14.1 Å². The fraction of sp³-hybridized carbons (Fsp3) is 0.318. The van der Waals surface area contributed by atoms with Crippen LogP contribution < -0.4 is 5.19 Å². The van der Waals surface area contributed by atoms with Crippen LogP contribution in [0.3, 0.4) is 0 Å². The van der Waals surface area contributed by atoms with Gasteiger partial charge in [0, 0.05) is 30.1 Å². The number of benzene rings is 2. The molecule has 4 rings (SSSR count). The van der Waals surface area contributed by atoms with E-state index in [9.17, 15) is 4.79 Å². The van der Waals surface area contributed by atoms with E-state index in [0.717, 1.165) is 13.0 Å². The standard InChI is InChI=1S/C22H26N2OSi/c1-15(25)24-14-13-17-16-9-5-7-11-19(16)23-21(17)22(24)18-10-6-8-12-20(18)26(2,3)4/h5-12,22-23H,13-14H2,1-4H3. The van der Waals surface area contributed by atoms with Crippen molar-refractivity contribution in [1.29, 1.82) is 0 Å². The number of carbonyl (C=O) groups excluding carboxylic acids is 1. The van der Waals surface area contributed by atoms with Crippen LogP contribution in [0, 0.1) is 0 Å². The Morgan fingerprint density at radius 3 is 2.50 bits per heavy atom. The first kappa shape index (κ1) is 17.1. The highest BCUT2D eigenvalue weighted by Gasteiger charge is 2.35. The molecule has 0 saturated carbocycles. The number of H-pyrrole nitrogens is 1. The molecule has 0 aliphatic carbocycles. The van der Waals surface area contributed by atoms with E-state index in [2.05, 4.69) is 73.2 Å². The van der Waals surface area contributed by atoms with Gasteiger partial charge in [0.2, 0.25) is 5.91 Å². The van der Waals surface area contributed by atoms with Gasteiger partial charge in [-0.1, -0.05) is 67.3 Å². The number of aromatic amines is 1. The van der Waals surface area contributed by atoms with E-state index in [1.165, 1.54) is 32.9 Å². The van der Waals surface area contributed by atoms with Gasteiger partial charge in [0.15, 0.2) is 0 Å². The van der Waals surface area contributed by atoms with Crippen molar-refractivity contribution in [2.75, 3.05) is 6.54 Å². The SMILES string of the molecule is CC(=O)N1CCc2c([nH]c3ccccc23)C1c1ccccc1[Si](C)(C)C. The molecular formula is C22H26N2OSi. The van der Waals surface area contributed by atoms with E-state index >= 15 is 0 Å². The molecule has 0 spiro atoms. The van der Waals surface area contributed by atoms with E-state index < -0.39 is 8.07 Å². The molecule has 0 fully saturated rings. The Bertz CT molecular complexity index is 983. The van der Waals surface area contributed by atoms with Crippen molar-refractivity contribution in [2.45, 2.75) is 39.0 Å². The van der Waals surface area contributed by atoms with Gasteiger partial charge in [0.1, 0.15) is 0 Å². The highest BCUT2D eigenvalue weighted by molar-refractivity contribution is 6.89. The van der Waals surface area contributed by atoms with Crippen molar-refractivity contribution in [3.05, 3.63) is 65.4 Å². The highest BCUT2D eigenvalue weighted by Crippen LogP contribution is 2.38. The first-order valence-corrected chi connectivity index (χ1v) is 12.8. The summed E-state index contributed by atoms with van der Waals surface area (Å²) in [6.07, 6.45) is 0.907. The molecule has 2 heterocycles. The lowest BCUT2D eigenvalue weighted by atomic mass is 9.92. The number of aromatic nitrogens is 1. The monoisotopic (exact) mass is 362 g/mol. The molecule has 1 aliphatic rings. The number of amides is 1. The molecule has 1 atom stereocenters. The molecule has 0 saturated heterocycles. The predicted molar refractivity (Wildman–Crippen MR) is 111 cm³/mol. The van der Waals surface area contributed by atoms with Crippen LogP contribution in [0.25, 0.3) is 10.9 Å². The molecule has 0 bridgehead atoms. The first-order valence-electron chi connectivity index (χ1n) is 9.34. The molecule has 1 aliphatic heterocycles. The molecular weight excluding hydrogens is 336 g/mol. The van der Waals surface area contributed by atoms with Gasteiger partial charge in [-0.05, 0) is 23.6 Å². The summed E-state index contributed by atoms with van der Waals surface area (Å²) in [7, 11) is -1.54. The molecule has 4 heteroatoms. The second kappa shape index (κ2) is 6.13. The molecule has 1 aromatic heterocycles. The summed E-state index contributed by atoms with van der Waals surface area (Å²) in [5.74, 6) is 0.143. The largest absolute Gasteiger partial charge is 0.356 e. The number of hydrogen-bond acceptors (Lipinski definition) is 1. The molecule has 3 nitrogen and oxygen atoms in total. The fourth-order valence-corrected chi connectivity index (χ4v) is 6.00. The van der Waals surface area contributed by atoms with Crippen LogP contribution in [0.5, 0.6) is 0 Å². The number of fused-ring (bicyclic) bond motifs is 3. The third kappa shape index (κ3) is 2.69. The fourth-order valence-electron chi connectivity index (χ4n) is 4.32. The quantitative estimate of drug-likeness (QED) is 0.681.